The minimum absolute atomic E-state index is 0.374. The Bertz CT molecular complexity index is 537. The van der Waals surface area contributed by atoms with E-state index in [0.717, 1.165) is 22.7 Å². The van der Waals surface area contributed by atoms with E-state index in [4.69, 9.17) is 16.3 Å². The fourth-order valence-corrected chi connectivity index (χ4v) is 1.75. The molecule has 0 aromatic carbocycles. The highest BCUT2D eigenvalue weighted by molar-refractivity contribution is 6.17. The van der Waals surface area contributed by atoms with Gasteiger partial charge in [-0.3, -0.25) is 4.98 Å². The van der Waals surface area contributed by atoms with E-state index in [9.17, 15) is 0 Å². The number of nitrogens with zero attached hydrogens (tertiary/aromatic N) is 3. The first-order valence-electron chi connectivity index (χ1n) is 5.30. The molecule has 0 unspecified atom stereocenters. The molecule has 0 saturated carbocycles. The van der Waals surface area contributed by atoms with Gasteiger partial charge in [0.15, 0.2) is 0 Å². The van der Waals surface area contributed by atoms with Crippen molar-refractivity contribution in [3.63, 3.8) is 0 Å². The SMILES string of the molecule is Cc1cc(Oc2cc(C)nn2C)c(CCl)cn1. The summed E-state index contributed by atoms with van der Waals surface area (Å²) in [5.41, 5.74) is 2.68. The third-order valence-electron chi connectivity index (χ3n) is 2.40. The molecular weight excluding hydrogens is 238 g/mol. The normalized spacial score (nSPS) is 10.6. The van der Waals surface area contributed by atoms with E-state index in [1.165, 1.54) is 0 Å². The number of aryl methyl sites for hydroxylation is 3. The monoisotopic (exact) mass is 251 g/mol. The summed E-state index contributed by atoms with van der Waals surface area (Å²) in [6.45, 7) is 3.84. The predicted octanol–water partition coefficient (Wildman–Crippen LogP) is 2.96. The third-order valence-corrected chi connectivity index (χ3v) is 2.69. The standard InChI is InChI=1S/C12H14ClN3O/c1-8-4-11(10(6-13)7-14-8)17-12-5-9(2)15-16(12)3/h4-5,7H,6H2,1-3H3. The highest BCUT2D eigenvalue weighted by Gasteiger charge is 2.09. The molecule has 5 heteroatoms. The maximum atomic E-state index is 5.85. The van der Waals surface area contributed by atoms with Gasteiger partial charge in [-0.15, -0.1) is 11.6 Å². The second kappa shape index (κ2) is 4.75. The summed E-state index contributed by atoms with van der Waals surface area (Å²) in [7, 11) is 1.84. The summed E-state index contributed by atoms with van der Waals surface area (Å²) in [4.78, 5) is 4.19. The van der Waals surface area contributed by atoms with Crippen LogP contribution in [0.2, 0.25) is 0 Å². The summed E-state index contributed by atoms with van der Waals surface area (Å²) < 4.78 is 7.51. The van der Waals surface area contributed by atoms with Gasteiger partial charge in [-0.2, -0.15) is 5.10 Å². The van der Waals surface area contributed by atoms with Crippen molar-refractivity contribution in [3.05, 3.63) is 35.3 Å². The molecule has 2 rings (SSSR count). The molecular formula is C12H14ClN3O. The first-order chi connectivity index (χ1) is 8.10. The Morgan fingerprint density at radius 1 is 1.29 bits per heavy atom. The molecule has 0 saturated heterocycles. The molecule has 0 bridgehead atoms. The quantitative estimate of drug-likeness (QED) is 0.788. The lowest BCUT2D eigenvalue weighted by Crippen LogP contribution is -1.98. The molecule has 0 aliphatic heterocycles. The summed E-state index contributed by atoms with van der Waals surface area (Å²) in [6.07, 6.45) is 1.74. The lowest BCUT2D eigenvalue weighted by molar-refractivity contribution is 0.426. The number of aromatic nitrogens is 3. The van der Waals surface area contributed by atoms with E-state index in [0.29, 0.717) is 11.8 Å². The summed E-state index contributed by atoms with van der Waals surface area (Å²) in [5, 5.41) is 4.23. The number of alkyl halides is 1. The lowest BCUT2D eigenvalue weighted by atomic mass is 10.2. The van der Waals surface area contributed by atoms with Crippen LogP contribution >= 0.6 is 11.6 Å². The smallest absolute Gasteiger partial charge is 0.217 e. The molecule has 0 atom stereocenters. The molecule has 17 heavy (non-hydrogen) atoms. The van der Waals surface area contributed by atoms with Gasteiger partial charge in [-0.25, -0.2) is 4.68 Å². The molecule has 0 fully saturated rings. The van der Waals surface area contributed by atoms with Crippen molar-refractivity contribution in [2.45, 2.75) is 19.7 Å². The maximum absolute atomic E-state index is 5.85. The largest absolute Gasteiger partial charge is 0.439 e. The highest BCUT2D eigenvalue weighted by Crippen LogP contribution is 2.26. The third kappa shape index (κ3) is 2.58. The highest BCUT2D eigenvalue weighted by atomic mass is 35.5. The Morgan fingerprint density at radius 2 is 2.06 bits per heavy atom. The van der Waals surface area contributed by atoms with Gasteiger partial charge in [0.1, 0.15) is 5.75 Å². The molecule has 0 aliphatic carbocycles. The van der Waals surface area contributed by atoms with Gasteiger partial charge in [0, 0.05) is 36.6 Å². The second-order valence-corrected chi connectivity index (χ2v) is 4.18. The fourth-order valence-electron chi connectivity index (χ4n) is 1.55. The van der Waals surface area contributed by atoms with Crippen LogP contribution in [0, 0.1) is 13.8 Å². The van der Waals surface area contributed by atoms with Crippen LogP contribution in [0.3, 0.4) is 0 Å². The summed E-state index contributed by atoms with van der Waals surface area (Å²) in [6, 6.07) is 3.76. The number of pyridine rings is 1. The predicted molar refractivity (Wildman–Crippen MR) is 66.6 cm³/mol. The molecule has 0 N–H and O–H groups in total. The number of hydrogen-bond acceptors (Lipinski definition) is 3. The van der Waals surface area contributed by atoms with E-state index >= 15 is 0 Å². The Balaban J connectivity index is 2.35. The van der Waals surface area contributed by atoms with Crippen LogP contribution in [0.25, 0.3) is 0 Å². The molecule has 0 aliphatic rings. The van der Waals surface area contributed by atoms with Gasteiger partial charge in [-0.1, -0.05) is 0 Å². The van der Waals surface area contributed by atoms with Crippen molar-refractivity contribution >= 4 is 11.6 Å². The Kier molecular flexibility index (Phi) is 3.33. The number of ether oxygens (including phenoxy) is 1. The van der Waals surface area contributed by atoms with Gasteiger partial charge in [0.2, 0.25) is 5.88 Å². The van der Waals surface area contributed by atoms with Gasteiger partial charge in [0.05, 0.1) is 11.6 Å². The zero-order valence-electron chi connectivity index (χ0n) is 10.1. The topological polar surface area (TPSA) is 39.9 Å². The fraction of sp³-hybridized carbons (Fsp3) is 0.333. The van der Waals surface area contributed by atoms with Crippen LogP contribution in [0.15, 0.2) is 18.3 Å². The summed E-state index contributed by atoms with van der Waals surface area (Å²) >= 11 is 5.85. The zero-order valence-corrected chi connectivity index (χ0v) is 10.8. The van der Waals surface area contributed by atoms with Crippen LogP contribution in [-0.2, 0) is 12.9 Å². The zero-order chi connectivity index (χ0) is 12.4. The van der Waals surface area contributed by atoms with E-state index < -0.39 is 0 Å². The van der Waals surface area contributed by atoms with Crippen molar-refractivity contribution in [1.82, 2.24) is 14.8 Å². The van der Waals surface area contributed by atoms with Crippen LogP contribution in [-0.4, -0.2) is 14.8 Å². The lowest BCUT2D eigenvalue weighted by Gasteiger charge is -2.09. The van der Waals surface area contributed by atoms with E-state index in [1.807, 2.05) is 33.0 Å². The van der Waals surface area contributed by atoms with Crippen molar-refractivity contribution in [2.24, 2.45) is 7.05 Å². The Morgan fingerprint density at radius 3 is 2.65 bits per heavy atom. The molecule has 90 valence electrons. The Labute approximate surface area is 105 Å². The van der Waals surface area contributed by atoms with E-state index in [2.05, 4.69) is 10.1 Å². The van der Waals surface area contributed by atoms with Crippen LogP contribution in [0.5, 0.6) is 11.6 Å². The average molecular weight is 252 g/mol. The molecule has 2 heterocycles. The first kappa shape index (κ1) is 11.9. The van der Waals surface area contributed by atoms with Crippen molar-refractivity contribution in [2.75, 3.05) is 0 Å². The van der Waals surface area contributed by atoms with Crippen molar-refractivity contribution < 1.29 is 4.74 Å². The summed E-state index contributed by atoms with van der Waals surface area (Å²) in [5.74, 6) is 1.80. The number of hydrogen-bond donors (Lipinski definition) is 0. The Hall–Kier alpha value is -1.55. The van der Waals surface area contributed by atoms with Gasteiger partial charge in [-0.05, 0) is 13.8 Å². The maximum Gasteiger partial charge on any atom is 0.217 e. The van der Waals surface area contributed by atoms with E-state index in [-0.39, 0.29) is 0 Å². The average Bonchev–Trinajstić information content (AvgIpc) is 2.58. The molecule has 0 spiro atoms. The number of rotatable bonds is 3. The molecule has 2 aromatic heterocycles. The first-order valence-corrected chi connectivity index (χ1v) is 5.83. The minimum Gasteiger partial charge on any atom is -0.439 e. The molecule has 2 aromatic rings. The van der Waals surface area contributed by atoms with Crippen LogP contribution < -0.4 is 4.74 Å². The molecule has 0 radical (unpaired) electrons. The van der Waals surface area contributed by atoms with Gasteiger partial charge >= 0.3 is 0 Å². The van der Waals surface area contributed by atoms with Crippen molar-refractivity contribution in [1.29, 1.82) is 0 Å². The number of halogens is 1. The molecule has 0 amide bonds. The van der Waals surface area contributed by atoms with Crippen molar-refractivity contribution in [3.8, 4) is 11.6 Å². The minimum atomic E-state index is 0.374. The van der Waals surface area contributed by atoms with E-state index in [1.54, 1.807) is 10.9 Å². The van der Waals surface area contributed by atoms with Gasteiger partial charge in [0.25, 0.3) is 0 Å². The second-order valence-electron chi connectivity index (χ2n) is 3.92. The molecule has 4 nitrogen and oxygen atoms in total. The van der Waals surface area contributed by atoms with Crippen LogP contribution in [0.4, 0.5) is 0 Å². The van der Waals surface area contributed by atoms with Gasteiger partial charge < -0.3 is 4.74 Å². The van der Waals surface area contributed by atoms with Crippen LogP contribution in [0.1, 0.15) is 17.0 Å².